The van der Waals surface area contributed by atoms with Crippen LogP contribution >= 0.6 is 0 Å². The first kappa shape index (κ1) is 15.2. The number of hydrogen-bond acceptors (Lipinski definition) is 5. The van der Waals surface area contributed by atoms with Crippen molar-refractivity contribution in [2.75, 3.05) is 17.6 Å². The number of rotatable bonds is 6. The van der Waals surface area contributed by atoms with Crippen molar-refractivity contribution in [2.45, 2.75) is 26.1 Å². The predicted octanol–water partition coefficient (Wildman–Crippen LogP) is 2.42. The maximum Gasteiger partial charge on any atom is 0.226 e. The molecule has 0 radical (unpaired) electrons. The van der Waals surface area contributed by atoms with E-state index in [1.807, 2.05) is 18.2 Å². The topological polar surface area (TPSA) is 81.7 Å². The van der Waals surface area contributed by atoms with Gasteiger partial charge in [0.05, 0.1) is 12.9 Å². The first-order valence-corrected chi connectivity index (χ1v) is 7.53. The third-order valence-electron chi connectivity index (χ3n) is 3.48. The molecule has 0 aliphatic heterocycles. The molecule has 1 aromatic carbocycles. The van der Waals surface area contributed by atoms with E-state index in [-0.39, 0.29) is 6.54 Å². The van der Waals surface area contributed by atoms with Gasteiger partial charge < -0.3 is 15.6 Å². The minimum atomic E-state index is -0.988. The number of imidazole rings is 1. The van der Waals surface area contributed by atoms with Gasteiger partial charge in [0.25, 0.3) is 0 Å². The maximum atomic E-state index is 13.2. The van der Waals surface area contributed by atoms with Crippen LogP contribution in [0.4, 0.5) is 16.2 Å². The Kier molecular flexibility index (Phi) is 4.36. The van der Waals surface area contributed by atoms with Gasteiger partial charge in [0, 0.05) is 6.54 Å². The van der Waals surface area contributed by atoms with E-state index >= 15 is 0 Å². The summed E-state index contributed by atoms with van der Waals surface area (Å²) in [6.45, 7) is 2.37. The molecule has 0 aliphatic rings. The molecule has 3 aromatic rings. The smallest absolute Gasteiger partial charge is 0.226 e. The quantitative estimate of drug-likeness (QED) is 0.730. The molecule has 0 spiro atoms. The fourth-order valence-electron chi connectivity index (χ4n) is 2.41. The molecule has 0 saturated carbocycles. The van der Waals surface area contributed by atoms with E-state index in [4.69, 9.17) is 5.73 Å². The lowest BCUT2D eigenvalue weighted by molar-refractivity contribution is 0.323. The molecule has 23 heavy (non-hydrogen) atoms. The second-order valence-electron chi connectivity index (χ2n) is 5.44. The molecule has 0 saturated heterocycles. The number of alkyl halides is 1. The van der Waals surface area contributed by atoms with Gasteiger partial charge in [-0.1, -0.05) is 30.3 Å². The molecule has 2 aromatic heterocycles. The lowest BCUT2D eigenvalue weighted by Gasteiger charge is -2.08. The molecule has 1 unspecified atom stereocenters. The van der Waals surface area contributed by atoms with Gasteiger partial charge in [-0.15, -0.1) is 0 Å². The predicted molar refractivity (Wildman–Crippen MR) is 88.9 cm³/mol. The van der Waals surface area contributed by atoms with Gasteiger partial charge in [-0.2, -0.15) is 9.97 Å². The molecule has 0 bridgehead atoms. The van der Waals surface area contributed by atoms with E-state index in [2.05, 4.69) is 32.4 Å². The zero-order chi connectivity index (χ0) is 16.2. The van der Waals surface area contributed by atoms with E-state index in [1.165, 1.54) is 12.5 Å². The van der Waals surface area contributed by atoms with Crippen LogP contribution in [0.1, 0.15) is 12.5 Å². The van der Waals surface area contributed by atoms with Gasteiger partial charge in [-0.25, -0.2) is 9.37 Å². The Morgan fingerprint density at radius 1 is 1.26 bits per heavy atom. The maximum absolute atomic E-state index is 13.2. The van der Waals surface area contributed by atoms with Crippen LogP contribution in [-0.4, -0.2) is 32.2 Å². The van der Waals surface area contributed by atoms with Crippen molar-refractivity contribution in [1.29, 1.82) is 0 Å². The van der Waals surface area contributed by atoms with Crippen molar-refractivity contribution in [3.63, 3.8) is 0 Å². The van der Waals surface area contributed by atoms with Crippen molar-refractivity contribution < 1.29 is 4.39 Å². The van der Waals surface area contributed by atoms with Crippen LogP contribution in [0.2, 0.25) is 0 Å². The van der Waals surface area contributed by atoms with Gasteiger partial charge in [0.2, 0.25) is 5.95 Å². The van der Waals surface area contributed by atoms with Crippen LogP contribution in [0.3, 0.4) is 0 Å². The van der Waals surface area contributed by atoms with Crippen LogP contribution in [0, 0.1) is 0 Å². The van der Waals surface area contributed by atoms with Crippen LogP contribution in [0.15, 0.2) is 36.7 Å². The van der Waals surface area contributed by atoms with Crippen LogP contribution in [0.5, 0.6) is 0 Å². The summed E-state index contributed by atoms with van der Waals surface area (Å²) in [6, 6.07) is 10.1. The van der Waals surface area contributed by atoms with E-state index in [0.717, 1.165) is 6.42 Å². The Balaban J connectivity index is 1.75. The lowest BCUT2D eigenvalue weighted by Crippen LogP contribution is -2.11. The molecule has 0 amide bonds. The van der Waals surface area contributed by atoms with Crippen molar-refractivity contribution in [2.24, 2.45) is 0 Å². The molecule has 1 atom stereocenters. The Morgan fingerprint density at radius 2 is 2.04 bits per heavy atom. The standard InChI is InChI=1S/C16H19FN6/c1-11(17)9-23-10-20-13-14(18)21-16(22-15(13)23)19-8-7-12-5-3-2-4-6-12/h2-6,10-11H,7-9H2,1H3,(H3,18,19,21,22). The number of aromatic nitrogens is 4. The summed E-state index contributed by atoms with van der Waals surface area (Å²) in [7, 11) is 0. The summed E-state index contributed by atoms with van der Waals surface area (Å²) < 4.78 is 14.9. The molecule has 3 N–H and O–H groups in total. The van der Waals surface area contributed by atoms with E-state index in [9.17, 15) is 4.39 Å². The zero-order valence-corrected chi connectivity index (χ0v) is 12.9. The highest BCUT2D eigenvalue weighted by molar-refractivity contribution is 5.82. The summed E-state index contributed by atoms with van der Waals surface area (Å²) in [5.74, 6) is 0.724. The number of nitrogens with one attached hydrogen (secondary N) is 1. The Morgan fingerprint density at radius 3 is 2.78 bits per heavy atom. The highest BCUT2D eigenvalue weighted by atomic mass is 19.1. The van der Waals surface area contributed by atoms with Gasteiger partial charge in [0.15, 0.2) is 11.5 Å². The number of anilines is 2. The molecule has 120 valence electrons. The summed E-state index contributed by atoms with van der Waals surface area (Å²) in [5.41, 5.74) is 8.20. The van der Waals surface area contributed by atoms with Crippen molar-refractivity contribution in [3.8, 4) is 0 Å². The summed E-state index contributed by atoms with van der Waals surface area (Å²) >= 11 is 0. The monoisotopic (exact) mass is 314 g/mol. The first-order chi connectivity index (χ1) is 11.1. The Labute approximate surface area is 133 Å². The highest BCUT2D eigenvalue weighted by Gasteiger charge is 2.12. The number of fused-ring (bicyclic) bond motifs is 1. The highest BCUT2D eigenvalue weighted by Crippen LogP contribution is 2.18. The molecule has 0 fully saturated rings. The van der Waals surface area contributed by atoms with Crippen LogP contribution in [-0.2, 0) is 13.0 Å². The average molecular weight is 314 g/mol. The summed E-state index contributed by atoms with van der Waals surface area (Å²) in [4.78, 5) is 12.8. The van der Waals surface area contributed by atoms with Gasteiger partial charge >= 0.3 is 0 Å². The second kappa shape index (κ2) is 6.60. The first-order valence-electron chi connectivity index (χ1n) is 7.53. The molecule has 3 rings (SSSR count). The molecule has 2 heterocycles. The molecule has 0 aliphatic carbocycles. The number of nitrogens with two attached hydrogens (primary N) is 1. The van der Waals surface area contributed by atoms with Crippen molar-refractivity contribution in [3.05, 3.63) is 42.2 Å². The van der Waals surface area contributed by atoms with Crippen molar-refractivity contribution in [1.82, 2.24) is 19.5 Å². The molecule has 6 nitrogen and oxygen atoms in total. The van der Waals surface area contributed by atoms with Crippen LogP contribution in [0.25, 0.3) is 11.2 Å². The molecule has 7 heteroatoms. The SMILES string of the molecule is CC(F)Cn1cnc2c(N)nc(NCCc3ccccc3)nc21. The Hall–Kier alpha value is -2.70. The number of halogens is 1. The Bertz CT molecular complexity index is 784. The lowest BCUT2D eigenvalue weighted by atomic mass is 10.1. The molecular formula is C16H19FN6. The second-order valence-corrected chi connectivity index (χ2v) is 5.44. The molecular weight excluding hydrogens is 295 g/mol. The minimum absolute atomic E-state index is 0.191. The number of benzene rings is 1. The number of hydrogen-bond donors (Lipinski definition) is 2. The van der Waals surface area contributed by atoms with Crippen LogP contribution < -0.4 is 11.1 Å². The third-order valence-corrected chi connectivity index (χ3v) is 3.48. The largest absolute Gasteiger partial charge is 0.382 e. The number of nitrogen functional groups attached to an aromatic ring is 1. The number of nitrogens with zero attached hydrogens (tertiary/aromatic N) is 4. The summed E-state index contributed by atoms with van der Waals surface area (Å²) in [6.07, 6.45) is 1.40. The van der Waals surface area contributed by atoms with Gasteiger partial charge in [-0.05, 0) is 18.9 Å². The normalized spacial score (nSPS) is 12.4. The van der Waals surface area contributed by atoms with Crippen molar-refractivity contribution >= 4 is 22.9 Å². The summed E-state index contributed by atoms with van der Waals surface area (Å²) in [5, 5.41) is 3.16. The third kappa shape index (κ3) is 3.56. The zero-order valence-electron chi connectivity index (χ0n) is 12.9. The van der Waals surface area contributed by atoms with E-state index in [1.54, 1.807) is 10.9 Å². The van der Waals surface area contributed by atoms with E-state index in [0.29, 0.717) is 29.5 Å². The van der Waals surface area contributed by atoms with Gasteiger partial charge in [0.1, 0.15) is 11.7 Å². The average Bonchev–Trinajstić information content (AvgIpc) is 2.91. The fraction of sp³-hybridized carbons (Fsp3) is 0.312. The van der Waals surface area contributed by atoms with Gasteiger partial charge in [-0.3, -0.25) is 0 Å². The minimum Gasteiger partial charge on any atom is -0.382 e. The van der Waals surface area contributed by atoms with E-state index < -0.39 is 6.17 Å². The fourth-order valence-corrected chi connectivity index (χ4v) is 2.41.